The van der Waals surface area contributed by atoms with Gasteiger partial charge in [0.25, 0.3) is 0 Å². The van der Waals surface area contributed by atoms with Crippen molar-refractivity contribution in [1.29, 1.82) is 0 Å². The molecule has 1 aromatic carbocycles. The summed E-state index contributed by atoms with van der Waals surface area (Å²) in [7, 11) is 0. The zero-order valence-corrected chi connectivity index (χ0v) is 7.35. The van der Waals surface area contributed by atoms with Crippen LogP contribution in [0.15, 0.2) is 18.2 Å². The molecule has 1 aromatic rings. The zero-order valence-electron chi connectivity index (χ0n) is 7.35. The Bertz CT molecular complexity index is 371. The number of primary amides is 1. The van der Waals surface area contributed by atoms with Crippen LogP contribution in [0.25, 0.3) is 0 Å². The first-order valence-corrected chi connectivity index (χ1v) is 3.80. The van der Waals surface area contributed by atoms with E-state index in [-0.39, 0.29) is 5.56 Å². The van der Waals surface area contributed by atoms with Gasteiger partial charge in [-0.2, -0.15) is 13.2 Å². The fourth-order valence-electron chi connectivity index (χ4n) is 1.06. The van der Waals surface area contributed by atoms with Crippen molar-refractivity contribution in [3.8, 4) is 0 Å². The largest absolute Gasteiger partial charge is 0.416 e. The van der Waals surface area contributed by atoms with E-state index in [2.05, 4.69) is 0 Å². The molecule has 0 atom stereocenters. The van der Waals surface area contributed by atoms with Gasteiger partial charge in [0.1, 0.15) is 0 Å². The van der Waals surface area contributed by atoms with Gasteiger partial charge in [0.05, 0.1) is 5.56 Å². The van der Waals surface area contributed by atoms with Crippen molar-refractivity contribution < 1.29 is 18.0 Å². The number of halogens is 3. The smallest absolute Gasteiger partial charge is 0.366 e. The Kier molecular flexibility index (Phi) is 2.51. The third kappa shape index (κ3) is 2.04. The number of hydrogen-bond acceptors (Lipinski definition) is 1. The first-order valence-electron chi connectivity index (χ1n) is 3.80. The van der Waals surface area contributed by atoms with Crippen LogP contribution in [0, 0.1) is 6.92 Å². The fourth-order valence-corrected chi connectivity index (χ4v) is 1.06. The summed E-state index contributed by atoms with van der Waals surface area (Å²) < 4.78 is 36.6. The van der Waals surface area contributed by atoms with Gasteiger partial charge in [-0.1, -0.05) is 6.07 Å². The lowest BCUT2D eigenvalue weighted by atomic mass is 10.0. The molecule has 0 heterocycles. The summed E-state index contributed by atoms with van der Waals surface area (Å²) in [6, 6.07) is 2.91. The number of nitrogens with two attached hydrogens (primary N) is 1. The quantitative estimate of drug-likeness (QED) is 0.746. The highest BCUT2D eigenvalue weighted by Gasteiger charge is 2.31. The maximum Gasteiger partial charge on any atom is 0.416 e. The number of rotatable bonds is 1. The van der Waals surface area contributed by atoms with Gasteiger partial charge < -0.3 is 5.73 Å². The molecule has 1 amide bonds. The third-order valence-corrected chi connectivity index (χ3v) is 1.83. The standard InChI is InChI=1S/C9H8F3NO/c1-5-2-3-6(9(10,11)12)4-7(5)8(13)14/h2-4H,1H3,(H2,13,14). The monoisotopic (exact) mass is 203 g/mol. The van der Waals surface area contributed by atoms with Crippen LogP contribution in [0.4, 0.5) is 13.2 Å². The van der Waals surface area contributed by atoms with Crippen LogP contribution in [0.3, 0.4) is 0 Å². The topological polar surface area (TPSA) is 43.1 Å². The summed E-state index contributed by atoms with van der Waals surface area (Å²) in [6.07, 6.45) is -4.45. The number of hydrogen-bond donors (Lipinski definition) is 1. The molecule has 0 saturated heterocycles. The molecule has 5 heteroatoms. The summed E-state index contributed by atoms with van der Waals surface area (Å²) >= 11 is 0. The van der Waals surface area contributed by atoms with Gasteiger partial charge in [-0.3, -0.25) is 4.79 Å². The Labute approximate surface area is 78.5 Å². The summed E-state index contributed by atoms with van der Waals surface area (Å²) in [6.45, 7) is 1.53. The molecule has 0 aliphatic carbocycles. The van der Waals surface area contributed by atoms with Crippen molar-refractivity contribution in [3.63, 3.8) is 0 Å². The minimum Gasteiger partial charge on any atom is -0.366 e. The molecule has 0 aromatic heterocycles. The van der Waals surface area contributed by atoms with Crippen molar-refractivity contribution in [2.45, 2.75) is 13.1 Å². The molecular weight excluding hydrogens is 195 g/mol. The number of carbonyl (C=O) groups is 1. The Balaban J connectivity index is 3.27. The molecular formula is C9H8F3NO. The van der Waals surface area contributed by atoms with Gasteiger partial charge in [0.2, 0.25) is 5.91 Å². The van der Waals surface area contributed by atoms with E-state index in [1.807, 2.05) is 0 Å². The molecule has 0 radical (unpaired) electrons. The van der Waals surface area contributed by atoms with E-state index in [0.29, 0.717) is 5.56 Å². The van der Waals surface area contributed by atoms with E-state index in [4.69, 9.17) is 5.73 Å². The van der Waals surface area contributed by atoms with Crippen LogP contribution in [0.5, 0.6) is 0 Å². The second-order valence-electron chi connectivity index (χ2n) is 2.89. The number of aryl methyl sites for hydroxylation is 1. The Morgan fingerprint density at radius 2 is 1.93 bits per heavy atom. The fraction of sp³-hybridized carbons (Fsp3) is 0.222. The lowest BCUT2D eigenvalue weighted by Gasteiger charge is -2.08. The molecule has 0 fully saturated rings. The SMILES string of the molecule is Cc1ccc(C(F)(F)F)cc1C(N)=O. The maximum absolute atomic E-state index is 12.2. The van der Waals surface area contributed by atoms with Crippen LogP contribution in [0.1, 0.15) is 21.5 Å². The van der Waals surface area contributed by atoms with Crippen molar-refractivity contribution in [2.24, 2.45) is 5.73 Å². The second-order valence-corrected chi connectivity index (χ2v) is 2.89. The molecule has 14 heavy (non-hydrogen) atoms. The average Bonchev–Trinajstić information content (AvgIpc) is 2.02. The molecule has 0 aliphatic rings. The second kappa shape index (κ2) is 3.32. The molecule has 0 spiro atoms. The van der Waals surface area contributed by atoms with Crippen molar-refractivity contribution >= 4 is 5.91 Å². The highest BCUT2D eigenvalue weighted by atomic mass is 19.4. The number of alkyl halides is 3. The number of benzene rings is 1. The molecule has 0 bridgehead atoms. The Morgan fingerprint density at radius 3 is 2.36 bits per heavy atom. The lowest BCUT2D eigenvalue weighted by molar-refractivity contribution is -0.137. The van der Waals surface area contributed by atoms with E-state index < -0.39 is 17.6 Å². The van der Waals surface area contributed by atoms with Gasteiger partial charge in [0.15, 0.2) is 0 Å². The molecule has 0 aliphatic heterocycles. The molecule has 2 nitrogen and oxygen atoms in total. The number of amides is 1. The van der Waals surface area contributed by atoms with Crippen molar-refractivity contribution in [1.82, 2.24) is 0 Å². The highest BCUT2D eigenvalue weighted by Crippen LogP contribution is 2.30. The molecule has 76 valence electrons. The lowest BCUT2D eigenvalue weighted by Crippen LogP contribution is -2.15. The van der Waals surface area contributed by atoms with Crippen molar-refractivity contribution in [2.75, 3.05) is 0 Å². The normalized spacial score (nSPS) is 11.4. The van der Waals surface area contributed by atoms with Crippen LogP contribution >= 0.6 is 0 Å². The Morgan fingerprint density at radius 1 is 1.36 bits per heavy atom. The summed E-state index contributed by atoms with van der Waals surface area (Å²) in [5, 5.41) is 0. The summed E-state index contributed by atoms with van der Waals surface area (Å²) in [5.41, 5.74) is 4.39. The van der Waals surface area contributed by atoms with Gasteiger partial charge in [0, 0.05) is 5.56 Å². The first-order chi connectivity index (χ1) is 6.32. The number of carbonyl (C=O) groups excluding carboxylic acids is 1. The molecule has 1 rings (SSSR count). The minimum absolute atomic E-state index is 0.0974. The third-order valence-electron chi connectivity index (χ3n) is 1.83. The first kappa shape index (κ1) is 10.6. The van der Waals surface area contributed by atoms with Crippen LogP contribution in [0.2, 0.25) is 0 Å². The van der Waals surface area contributed by atoms with Gasteiger partial charge in [-0.05, 0) is 24.6 Å². The summed E-state index contributed by atoms with van der Waals surface area (Å²) in [4.78, 5) is 10.8. The van der Waals surface area contributed by atoms with Gasteiger partial charge in [-0.25, -0.2) is 0 Å². The van der Waals surface area contributed by atoms with Crippen molar-refractivity contribution in [3.05, 3.63) is 34.9 Å². The average molecular weight is 203 g/mol. The van der Waals surface area contributed by atoms with E-state index in [9.17, 15) is 18.0 Å². The Hall–Kier alpha value is -1.52. The summed E-state index contributed by atoms with van der Waals surface area (Å²) in [5.74, 6) is -0.853. The van der Waals surface area contributed by atoms with Gasteiger partial charge >= 0.3 is 6.18 Å². The van der Waals surface area contributed by atoms with E-state index in [0.717, 1.165) is 12.1 Å². The predicted octanol–water partition coefficient (Wildman–Crippen LogP) is 2.11. The van der Waals surface area contributed by atoms with Crippen LogP contribution in [-0.2, 0) is 6.18 Å². The zero-order chi connectivity index (χ0) is 10.9. The predicted molar refractivity (Wildman–Crippen MR) is 44.7 cm³/mol. The van der Waals surface area contributed by atoms with Crippen LogP contribution in [-0.4, -0.2) is 5.91 Å². The van der Waals surface area contributed by atoms with E-state index in [1.165, 1.54) is 13.0 Å². The van der Waals surface area contributed by atoms with E-state index >= 15 is 0 Å². The molecule has 2 N–H and O–H groups in total. The van der Waals surface area contributed by atoms with Gasteiger partial charge in [-0.15, -0.1) is 0 Å². The highest BCUT2D eigenvalue weighted by molar-refractivity contribution is 5.94. The van der Waals surface area contributed by atoms with Crippen LogP contribution < -0.4 is 5.73 Å². The maximum atomic E-state index is 12.2. The minimum atomic E-state index is -4.45. The molecule has 0 saturated carbocycles. The van der Waals surface area contributed by atoms with E-state index in [1.54, 1.807) is 0 Å². The molecule has 0 unspecified atom stereocenters.